The fourth-order valence-electron chi connectivity index (χ4n) is 2.00. The molecule has 1 heterocycles. The molecule has 4 heteroatoms. The van der Waals surface area contributed by atoms with Gasteiger partial charge in [-0.1, -0.05) is 13.3 Å². The lowest BCUT2D eigenvalue weighted by molar-refractivity contribution is -0.134. The van der Waals surface area contributed by atoms with E-state index in [2.05, 4.69) is 23.8 Å². The fraction of sp³-hybridized carbons (Fsp3) is 0.615. The molecule has 2 rings (SSSR count). The van der Waals surface area contributed by atoms with Gasteiger partial charge in [0, 0.05) is 12.6 Å². The van der Waals surface area contributed by atoms with Gasteiger partial charge in [0.1, 0.15) is 0 Å². The van der Waals surface area contributed by atoms with Crippen molar-refractivity contribution in [3.63, 3.8) is 0 Å². The summed E-state index contributed by atoms with van der Waals surface area (Å²) in [5, 5.41) is 4.16. The Hall–Kier alpha value is -0.870. The minimum absolute atomic E-state index is 0.126. The van der Waals surface area contributed by atoms with E-state index < -0.39 is 0 Å². The molecule has 0 unspecified atom stereocenters. The SMILES string of the molecule is CCC[C@@H](N)C(=O)N(Cc1ccsc1)C1CC1. The van der Waals surface area contributed by atoms with Gasteiger partial charge in [0.05, 0.1) is 6.04 Å². The molecular weight excluding hydrogens is 232 g/mol. The lowest BCUT2D eigenvalue weighted by atomic mass is 10.1. The highest BCUT2D eigenvalue weighted by Crippen LogP contribution is 2.29. The van der Waals surface area contributed by atoms with Gasteiger partial charge in [-0.25, -0.2) is 0 Å². The second kappa shape index (κ2) is 5.65. The van der Waals surface area contributed by atoms with Crippen LogP contribution < -0.4 is 5.73 Å². The Labute approximate surface area is 107 Å². The van der Waals surface area contributed by atoms with Gasteiger partial charge in [-0.15, -0.1) is 0 Å². The number of carbonyl (C=O) groups is 1. The predicted molar refractivity (Wildman–Crippen MR) is 70.8 cm³/mol. The third kappa shape index (κ3) is 3.30. The van der Waals surface area contributed by atoms with Crippen LogP contribution in [0.3, 0.4) is 0 Å². The molecule has 1 amide bonds. The maximum absolute atomic E-state index is 12.2. The van der Waals surface area contributed by atoms with Crippen LogP contribution in [-0.4, -0.2) is 22.9 Å². The molecule has 1 aromatic heterocycles. The molecule has 0 saturated heterocycles. The van der Waals surface area contributed by atoms with Crippen LogP contribution >= 0.6 is 11.3 Å². The van der Waals surface area contributed by atoms with Crippen LogP contribution in [0.4, 0.5) is 0 Å². The zero-order chi connectivity index (χ0) is 12.3. The summed E-state index contributed by atoms with van der Waals surface area (Å²) in [5.74, 6) is 0.126. The summed E-state index contributed by atoms with van der Waals surface area (Å²) in [6, 6.07) is 2.20. The molecule has 17 heavy (non-hydrogen) atoms. The van der Waals surface area contributed by atoms with Gasteiger partial charge in [-0.2, -0.15) is 11.3 Å². The van der Waals surface area contributed by atoms with Crippen LogP contribution in [0.1, 0.15) is 38.2 Å². The van der Waals surface area contributed by atoms with E-state index >= 15 is 0 Å². The lowest BCUT2D eigenvalue weighted by Gasteiger charge is -2.25. The maximum Gasteiger partial charge on any atom is 0.240 e. The van der Waals surface area contributed by atoms with Crippen molar-refractivity contribution in [3.05, 3.63) is 22.4 Å². The third-order valence-electron chi connectivity index (χ3n) is 3.12. The van der Waals surface area contributed by atoms with Crippen molar-refractivity contribution < 1.29 is 4.79 Å². The first kappa shape index (κ1) is 12.6. The minimum atomic E-state index is -0.320. The molecule has 94 valence electrons. The van der Waals surface area contributed by atoms with Crippen molar-refractivity contribution in [3.8, 4) is 0 Å². The van der Waals surface area contributed by atoms with E-state index in [1.807, 2.05) is 4.90 Å². The molecule has 0 aromatic carbocycles. The van der Waals surface area contributed by atoms with Crippen molar-refractivity contribution in [1.29, 1.82) is 0 Å². The van der Waals surface area contributed by atoms with Gasteiger partial charge in [-0.3, -0.25) is 4.79 Å². The molecule has 1 aromatic rings. The first-order chi connectivity index (χ1) is 8.22. The molecule has 0 radical (unpaired) electrons. The van der Waals surface area contributed by atoms with Gasteiger partial charge < -0.3 is 10.6 Å². The molecule has 1 aliphatic carbocycles. The van der Waals surface area contributed by atoms with Crippen LogP contribution in [0.15, 0.2) is 16.8 Å². The van der Waals surface area contributed by atoms with E-state index in [1.54, 1.807) is 11.3 Å². The molecule has 2 N–H and O–H groups in total. The average molecular weight is 252 g/mol. The number of nitrogens with two attached hydrogens (primary N) is 1. The number of thiophene rings is 1. The van der Waals surface area contributed by atoms with Crippen molar-refractivity contribution in [2.24, 2.45) is 5.73 Å². The molecule has 1 fully saturated rings. The molecule has 0 spiro atoms. The molecule has 1 saturated carbocycles. The Morgan fingerprint density at radius 3 is 2.94 bits per heavy atom. The monoisotopic (exact) mass is 252 g/mol. The highest BCUT2D eigenvalue weighted by Gasteiger charge is 2.34. The smallest absolute Gasteiger partial charge is 0.240 e. The number of nitrogens with zero attached hydrogens (tertiary/aromatic N) is 1. The van der Waals surface area contributed by atoms with Crippen LogP contribution in [0.2, 0.25) is 0 Å². The minimum Gasteiger partial charge on any atom is -0.334 e. The molecular formula is C13H20N2OS. The molecule has 0 bridgehead atoms. The van der Waals surface area contributed by atoms with Gasteiger partial charge in [0.15, 0.2) is 0 Å². The molecule has 3 nitrogen and oxygen atoms in total. The quantitative estimate of drug-likeness (QED) is 0.845. The van der Waals surface area contributed by atoms with Gasteiger partial charge in [-0.05, 0) is 41.7 Å². The van der Waals surface area contributed by atoms with Gasteiger partial charge in [0.25, 0.3) is 0 Å². The van der Waals surface area contributed by atoms with Crippen molar-refractivity contribution in [2.75, 3.05) is 0 Å². The summed E-state index contributed by atoms with van der Waals surface area (Å²) in [5.41, 5.74) is 7.16. The summed E-state index contributed by atoms with van der Waals surface area (Å²) in [6.45, 7) is 2.79. The lowest BCUT2D eigenvalue weighted by Crippen LogP contribution is -2.44. The van der Waals surface area contributed by atoms with Crippen LogP contribution in [0, 0.1) is 0 Å². The Morgan fingerprint density at radius 1 is 1.65 bits per heavy atom. The number of rotatable bonds is 6. The zero-order valence-corrected chi connectivity index (χ0v) is 11.1. The summed E-state index contributed by atoms with van der Waals surface area (Å²) >= 11 is 1.67. The summed E-state index contributed by atoms with van der Waals surface area (Å²) < 4.78 is 0. The fourth-order valence-corrected chi connectivity index (χ4v) is 2.66. The van der Waals surface area contributed by atoms with E-state index in [1.165, 1.54) is 5.56 Å². The number of hydrogen-bond donors (Lipinski definition) is 1. The summed E-state index contributed by atoms with van der Waals surface area (Å²) in [7, 11) is 0. The Kier molecular flexibility index (Phi) is 4.18. The number of carbonyl (C=O) groups excluding carboxylic acids is 1. The first-order valence-corrected chi connectivity index (χ1v) is 7.23. The van der Waals surface area contributed by atoms with Crippen LogP contribution in [0.25, 0.3) is 0 Å². The highest BCUT2D eigenvalue weighted by molar-refractivity contribution is 7.07. The van der Waals surface area contributed by atoms with Crippen LogP contribution in [-0.2, 0) is 11.3 Å². The Bertz CT molecular complexity index is 360. The van der Waals surface area contributed by atoms with Crippen molar-refractivity contribution in [2.45, 2.75) is 51.2 Å². The largest absolute Gasteiger partial charge is 0.334 e. The zero-order valence-electron chi connectivity index (χ0n) is 10.3. The first-order valence-electron chi connectivity index (χ1n) is 6.29. The van der Waals surface area contributed by atoms with Crippen molar-refractivity contribution in [1.82, 2.24) is 4.90 Å². The van der Waals surface area contributed by atoms with E-state index in [0.717, 1.165) is 32.2 Å². The summed E-state index contributed by atoms with van der Waals surface area (Å²) in [4.78, 5) is 14.2. The molecule has 1 aliphatic rings. The predicted octanol–water partition coefficient (Wildman–Crippen LogP) is 2.37. The van der Waals surface area contributed by atoms with E-state index in [0.29, 0.717) is 6.04 Å². The van der Waals surface area contributed by atoms with Gasteiger partial charge >= 0.3 is 0 Å². The Balaban J connectivity index is 1.99. The van der Waals surface area contributed by atoms with Crippen molar-refractivity contribution >= 4 is 17.2 Å². The second-order valence-electron chi connectivity index (χ2n) is 4.72. The van der Waals surface area contributed by atoms with E-state index in [-0.39, 0.29) is 11.9 Å². The average Bonchev–Trinajstić information content (AvgIpc) is 3.03. The number of hydrogen-bond acceptors (Lipinski definition) is 3. The van der Waals surface area contributed by atoms with E-state index in [4.69, 9.17) is 5.73 Å². The molecule has 0 aliphatic heterocycles. The van der Waals surface area contributed by atoms with Crippen LogP contribution in [0.5, 0.6) is 0 Å². The normalized spacial score (nSPS) is 16.8. The maximum atomic E-state index is 12.2. The number of amides is 1. The van der Waals surface area contributed by atoms with Gasteiger partial charge in [0.2, 0.25) is 5.91 Å². The Morgan fingerprint density at radius 2 is 2.41 bits per heavy atom. The summed E-state index contributed by atoms with van der Waals surface area (Å²) in [6.07, 6.45) is 4.01. The standard InChI is InChI=1S/C13H20N2OS/c1-2-3-12(14)13(16)15(11-4-5-11)8-10-6-7-17-9-10/h6-7,9,11-12H,2-5,8,14H2,1H3/t12-/m1/s1. The topological polar surface area (TPSA) is 46.3 Å². The second-order valence-corrected chi connectivity index (χ2v) is 5.50. The third-order valence-corrected chi connectivity index (χ3v) is 3.85. The highest BCUT2D eigenvalue weighted by atomic mass is 32.1. The molecule has 1 atom stereocenters. The van der Waals surface area contributed by atoms with E-state index in [9.17, 15) is 4.79 Å².